The second-order valence-corrected chi connectivity index (χ2v) is 5.52. The molecule has 1 aromatic heterocycles. The molecule has 0 spiro atoms. The van der Waals surface area contributed by atoms with E-state index in [9.17, 15) is 0 Å². The van der Waals surface area contributed by atoms with E-state index in [0.29, 0.717) is 5.88 Å². The Morgan fingerprint density at radius 1 is 1.24 bits per heavy atom. The number of hydrogen-bond acceptors (Lipinski definition) is 2. The highest BCUT2D eigenvalue weighted by atomic mass is 35.5. The average molecular weight is 286 g/mol. The quantitative estimate of drug-likeness (QED) is 0.734. The molecule has 0 bridgehead atoms. The second-order valence-electron chi connectivity index (χ2n) is 3.79. The van der Waals surface area contributed by atoms with Crippen molar-refractivity contribution in [1.29, 1.82) is 0 Å². The Morgan fingerprint density at radius 2 is 2.06 bits per heavy atom. The Kier molecular flexibility index (Phi) is 4.84. The van der Waals surface area contributed by atoms with E-state index >= 15 is 0 Å². The molecule has 2 aromatic rings. The predicted octanol–water partition coefficient (Wildman–Crippen LogP) is 4.56. The van der Waals surface area contributed by atoms with Crippen molar-refractivity contribution in [1.82, 2.24) is 4.98 Å². The summed E-state index contributed by atoms with van der Waals surface area (Å²) in [5.74, 6) is 0.692. The third-order valence-electron chi connectivity index (χ3n) is 2.47. The van der Waals surface area contributed by atoms with Gasteiger partial charge in [-0.25, -0.2) is 4.98 Å². The summed E-state index contributed by atoms with van der Waals surface area (Å²) < 4.78 is 0. The van der Waals surface area contributed by atoms with Crippen LogP contribution < -0.4 is 0 Å². The average Bonchev–Trinajstić information content (AvgIpc) is 2.77. The first-order valence-electron chi connectivity index (χ1n) is 5.52. The Balaban J connectivity index is 2.04. The van der Waals surface area contributed by atoms with Crippen molar-refractivity contribution in [3.8, 4) is 0 Å². The Hall–Kier alpha value is -0.570. The zero-order valence-corrected chi connectivity index (χ0v) is 11.7. The van der Waals surface area contributed by atoms with Gasteiger partial charge in [-0.3, -0.25) is 0 Å². The van der Waals surface area contributed by atoms with Crippen LogP contribution >= 0.6 is 34.5 Å². The summed E-state index contributed by atoms with van der Waals surface area (Å²) in [6.45, 7) is 0. The van der Waals surface area contributed by atoms with Crippen molar-refractivity contribution in [2.75, 3.05) is 5.88 Å². The summed E-state index contributed by atoms with van der Waals surface area (Å²) in [6.07, 6.45) is 2.75. The molecule has 0 atom stereocenters. The van der Waals surface area contributed by atoms with Crippen LogP contribution in [0.2, 0.25) is 5.02 Å². The SMILES string of the molecule is ClCCCc1csc(Cc2ccccc2Cl)n1. The van der Waals surface area contributed by atoms with Crippen molar-refractivity contribution in [2.45, 2.75) is 19.3 Å². The molecular weight excluding hydrogens is 273 g/mol. The number of nitrogens with zero attached hydrogens (tertiary/aromatic N) is 1. The van der Waals surface area contributed by atoms with E-state index in [0.717, 1.165) is 40.6 Å². The van der Waals surface area contributed by atoms with Gasteiger partial charge in [-0.15, -0.1) is 22.9 Å². The molecule has 0 aliphatic carbocycles. The van der Waals surface area contributed by atoms with Gasteiger partial charge < -0.3 is 0 Å². The molecule has 1 aromatic carbocycles. The van der Waals surface area contributed by atoms with Gasteiger partial charge in [-0.2, -0.15) is 0 Å². The normalized spacial score (nSPS) is 10.7. The van der Waals surface area contributed by atoms with Crippen LogP contribution in [0.1, 0.15) is 22.7 Å². The highest BCUT2D eigenvalue weighted by Gasteiger charge is 2.05. The molecule has 1 nitrogen and oxygen atoms in total. The maximum absolute atomic E-state index is 6.12. The zero-order valence-electron chi connectivity index (χ0n) is 9.33. The van der Waals surface area contributed by atoms with Crippen LogP contribution in [0.3, 0.4) is 0 Å². The first-order chi connectivity index (χ1) is 8.29. The van der Waals surface area contributed by atoms with Gasteiger partial charge in [-0.1, -0.05) is 29.8 Å². The summed E-state index contributed by atoms with van der Waals surface area (Å²) in [5.41, 5.74) is 2.27. The summed E-state index contributed by atoms with van der Waals surface area (Å²) >= 11 is 13.5. The minimum atomic E-state index is 0.692. The van der Waals surface area contributed by atoms with E-state index in [4.69, 9.17) is 23.2 Å². The second kappa shape index (κ2) is 6.39. The van der Waals surface area contributed by atoms with Gasteiger partial charge in [0, 0.05) is 22.7 Å². The van der Waals surface area contributed by atoms with Gasteiger partial charge in [0.1, 0.15) is 0 Å². The Morgan fingerprint density at radius 3 is 2.82 bits per heavy atom. The highest BCUT2D eigenvalue weighted by molar-refractivity contribution is 7.09. The fourth-order valence-electron chi connectivity index (χ4n) is 1.60. The first-order valence-corrected chi connectivity index (χ1v) is 7.31. The van der Waals surface area contributed by atoms with Crippen molar-refractivity contribution in [3.63, 3.8) is 0 Å². The number of rotatable bonds is 5. The number of hydrogen-bond donors (Lipinski definition) is 0. The minimum Gasteiger partial charge on any atom is -0.246 e. The summed E-state index contributed by atoms with van der Waals surface area (Å²) in [7, 11) is 0. The highest BCUT2D eigenvalue weighted by Crippen LogP contribution is 2.21. The molecule has 2 rings (SSSR count). The number of aromatic nitrogens is 1. The van der Waals surface area contributed by atoms with Crippen LogP contribution in [0, 0.1) is 0 Å². The number of thiazole rings is 1. The van der Waals surface area contributed by atoms with E-state index in [1.165, 1.54) is 0 Å². The molecule has 17 heavy (non-hydrogen) atoms. The number of halogens is 2. The number of benzene rings is 1. The summed E-state index contributed by atoms with van der Waals surface area (Å²) in [6, 6.07) is 7.91. The van der Waals surface area contributed by atoms with Crippen molar-refractivity contribution < 1.29 is 0 Å². The van der Waals surface area contributed by atoms with E-state index in [1.807, 2.05) is 24.3 Å². The van der Waals surface area contributed by atoms with Gasteiger partial charge in [0.15, 0.2) is 0 Å². The van der Waals surface area contributed by atoms with Gasteiger partial charge in [0.25, 0.3) is 0 Å². The first kappa shape index (κ1) is 12.9. The van der Waals surface area contributed by atoms with Crippen LogP contribution in [0.15, 0.2) is 29.6 Å². The molecule has 1 heterocycles. The largest absolute Gasteiger partial charge is 0.246 e. The lowest BCUT2D eigenvalue weighted by Gasteiger charge is -2.00. The number of aryl methyl sites for hydroxylation is 1. The maximum atomic E-state index is 6.12. The van der Waals surface area contributed by atoms with E-state index in [-0.39, 0.29) is 0 Å². The van der Waals surface area contributed by atoms with Gasteiger partial charge in [0.05, 0.1) is 10.7 Å². The standard InChI is InChI=1S/C13H13Cl2NS/c14-7-3-5-11-9-17-13(16-11)8-10-4-1-2-6-12(10)15/h1-2,4,6,9H,3,5,7-8H2. The van der Waals surface area contributed by atoms with Crippen LogP contribution in [0.5, 0.6) is 0 Å². The smallest absolute Gasteiger partial charge is 0.0972 e. The van der Waals surface area contributed by atoms with Gasteiger partial charge in [0.2, 0.25) is 0 Å². The summed E-state index contributed by atoms with van der Waals surface area (Å²) in [5, 5.41) is 4.03. The molecule has 0 amide bonds. The molecule has 0 aliphatic rings. The molecule has 0 fully saturated rings. The maximum Gasteiger partial charge on any atom is 0.0972 e. The molecule has 0 unspecified atom stereocenters. The lowest BCUT2D eigenvalue weighted by Crippen LogP contribution is -1.91. The lowest BCUT2D eigenvalue weighted by atomic mass is 10.1. The molecule has 4 heteroatoms. The third kappa shape index (κ3) is 3.70. The van der Waals surface area contributed by atoms with Gasteiger partial charge in [-0.05, 0) is 24.5 Å². The molecule has 0 radical (unpaired) electrons. The monoisotopic (exact) mass is 285 g/mol. The Bertz CT molecular complexity index is 482. The fraction of sp³-hybridized carbons (Fsp3) is 0.308. The van der Waals surface area contributed by atoms with Gasteiger partial charge >= 0.3 is 0 Å². The number of alkyl halides is 1. The predicted molar refractivity (Wildman–Crippen MR) is 75.4 cm³/mol. The van der Waals surface area contributed by atoms with Crippen LogP contribution in [0.4, 0.5) is 0 Å². The van der Waals surface area contributed by atoms with Crippen LogP contribution in [-0.2, 0) is 12.8 Å². The van der Waals surface area contributed by atoms with Crippen molar-refractivity contribution in [3.05, 3.63) is 50.9 Å². The van der Waals surface area contributed by atoms with E-state index < -0.39 is 0 Å². The molecule has 0 aliphatic heterocycles. The van der Waals surface area contributed by atoms with Crippen molar-refractivity contribution in [2.24, 2.45) is 0 Å². The molecule has 0 N–H and O–H groups in total. The lowest BCUT2D eigenvalue weighted by molar-refractivity contribution is 0.889. The topological polar surface area (TPSA) is 12.9 Å². The Labute approximate surface area is 115 Å². The van der Waals surface area contributed by atoms with Crippen LogP contribution in [0.25, 0.3) is 0 Å². The minimum absolute atomic E-state index is 0.692. The van der Waals surface area contributed by atoms with E-state index in [2.05, 4.69) is 10.4 Å². The molecule has 0 saturated heterocycles. The fourth-order valence-corrected chi connectivity index (χ4v) is 2.79. The zero-order chi connectivity index (χ0) is 12.1. The molecule has 90 valence electrons. The third-order valence-corrected chi connectivity index (χ3v) is 4.00. The molecular formula is C13H13Cl2NS. The van der Waals surface area contributed by atoms with E-state index in [1.54, 1.807) is 11.3 Å². The van der Waals surface area contributed by atoms with Crippen LogP contribution in [-0.4, -0.2) is 10.9 Å². The van der Waals surface area contributed by atoms with Crippen molar-refractivity contribution >= 4 is 34.5 Å². The molecule has 0 saturated carbocycles. The summed E-state index contributed by atoms with van der Waals surface area (Å²) in [4.78, 5) is 4.59.